The summed E-state index contributed by atoms with van der Waals surface area (Å²) in [6.45, 7) is 3.30. The summed E-state index contributed by atoms with van der Waals surface area (Å²) < 4.78 is 5.80. The first-order chi connectivity index (χ1) is 9.25. The van der Waals surface area contributed by atoms with E-state index in [1.165, 1.54) is 6.42 Å². The number of ether oxygens (including phenoxy) is 1. The maximum Gasteiger partial charge on any atom is 0.123 e. The molecule has 2 heterocycles. The smallest absolute Gasteiger partial charge is 0.123 e. The highest BCUT2D eigenvalue weighted by atomic mass is 32.1. The summed E-state index contributed by atoms with van der Waals surface area (Å²) in [5.74, 6) is 0. The van der Waals surface area contributed by atoms with Gasteiger partial charge in [-0.25, -0.2) is 4.98 Å². The van der Waals surface area contributed by atoms with Gasteiger partial charge in [0.2, 0.25) is 0 Å². The summed E-state index contributed by atoms with van der Waals surface area (Å²) in [4.78, 5) is 6.69. The van der Waals surface area contributed by atoms with Gasteiger partial charge in [0, 0.05) is 31.2 Å². The molecular weight excluding hydrogens is 260 g/mol. The van der Waals surface area contributed by atoms with Crippen LogP contribution in [0.15, 0.2) is 11.6 Å². The number of rotatable bonds is 3. The molecule has 2 fully saturated rings. The van der Waals surface area contributed by atoms with E-state index in [9.17, 15) is 5.11 Å². The number of nitrogens with zero attached hydrogens (tertiary/aromatic N) is 2. The van der Waals surface area contributed by atoms with E-state index in [1.807, 2.05) is 11.6 Å². The number of hydrogen-bond donors (Lipinski definition) is 1. The maximum atomic E-state index is 10.6. The number of thiazole rings is 1. The van der Waals surface area contributed by atoms with Gasteiger partial charge >= 0.3 is 0 Å². The van der Waals surface area contributed by atoms with Crippen molar-refractivity contribution < 1.29 is 9.84 Å². The Morgan fingerprint density at radius 1 is 1.42 bits per heavy atom. The first-order valence-corrected chi connectivity index (χ1v) is 8.09. The zero-order valence-electron chi connectivity index (χ0n) is 11.3. The lowest BCUT2D eigenvalue weighted by molar-refractivity contribution is -0.0766. The Hall–Kier alpha value is -0.490. The van der Waals surface area contributed by atoms with Gasteiger partial charge in [-0.2, -0.15) is 0 Å². The van der Waals surface area contributed by atoms with Crippen molar-refractivity contribution in [1.82, 2.24) is 9.88 Å². The zero-order valence-corrected chi connectivity index (χ0v) is 12.1. The van der Waals surface area contributed by atoms with Crippen molar-refractivity contribution in [2.24, 2.45) is 0 Å². The lowest BCUT2D eigenvalue weighted by atomic mass is 9.84. The second-order valence-electron chi connectivity index (χ2n) is 5.75. The van der Waals surface area contributed by atoms with Crippen molar-refractivity contribution in [3.8, 4) is 0 Å². The van der Waals surface area contributed by atoms with Crippen LogP contribution in [0.1, 0.15) is 43.2 Å². The van der Waals surface area contributed by atoms with Gasteiger partial charge in [0.15, 0.2) is 0 Å². The average Bonchev–Trinajstić information content (AvgIpc) is 2.93. The molecule has 19 heavy (non-hydrogen) atoms. The van der Waals surface area contributed by atoms with Crippen LogP contribution in [-0.2, 0) is 4.74 Å². The van der Waals surface area contributed by atoms with Crippen molar-refractivity contribution in [3.63, 3.8) is 0 Å². The molecule has 0 amide bonds. The topological polar surface area (TPSA) is 45.6 Å². The van der Waals surface area contributed by atoms with Crippen molar-refractivity contribution in [1.29, 1.82) is 0 Å². The third kappa shape index (κ3) is 3.34. The highest BCUT2D eigenvalue weighted by Gasteiger charge is 2.33. The van der Waals surface area contributed by atoms with Crippen LogP contribution in [0.2, 0.25) is 0 Å². The summed E-state index contributed by atoms with van der Waals surface area (Å²) in [5.41, 5.74) is -0.469. The van der Waals surface area contributed by atoms with Crippen molar-refractivity contribution in [3.05, 3.63) is 16.6 Å². The third-order valence-electron chi connectivity index (χ3n) is 4.18. The molecule has 0 spiro atoms. The van der Waals surface area contributed by atoms with Crippen LogP contribution in [0.3, 0.4) is 0 Å². The molecule has 1 saturated heterocycles. The fourth-order valence-corrected chi connectivity index (χ4v) is 3.85. The Morgan fingerprint density at radius 3 is 3.00 bits per heavy atom. The molecule has 1 aromatic rings. The predicted molar refractivity (Wildman–Crippen MR) is 75.3 cm³/mol. The molecular formula is C14H22N2O2S. The molecule has 0 bridgehead atoms. The molecule has 0 aromatic carbocycles. The van der Waals surface area contributed by atoms with Gasteiger partial charge < -0.3 is 9.84 Å². The lowest BCUT2D eigenvalue weighted by Gasteiger charge is -2.40. The molecule has 1 saturated carbocycles. The highest BCUT2D eigenvalue weighted by Crippen LogP contribution is 2.31. The minimum Gasteiger partial charge on any atom is -0.389 e. The summed E-state index contributed by atoms with van der Waals surface area (Å²) >= 11 is 1.65. The zero-order chi connectivity index (χ0) is 13.1. The fourth-order valence-electron chi connectivity index (χ4n) is 3.17. The number of aliphatic hydroxyl groups is 1. The monoisotopic (exact) mass is 282 g/mol. The van der Waals surface area contributed by atoms with Gasteiger partial charge in [0.25, 0.3) is 0 Å². The molecule has 1 aliphatic carbocycles. The van der Waals surface area contributed by atoms with Crippen LogP contribution in [-0.4, -0.2) is 46.8 Å². The molecule has 3 rings (SSSR count). The van der Waals surface area contributed by atoms with Crippen LogP contribution in [0.25, 0.3) is 0 Å². The molecule has 106 valence electrons. The van der Waals surface area contributed by atoms with Gasteiger partial charge in [-0.3, -0.25) is 4.90 Å². The number of morpholine rings is 1. The molecule has 0 radical (unpaired) electrons. The molecule has 1 N–H and O–H groups in total. The van der Waals surface area contributed by atoms with E-state index >= 15 is 0 Å². The first kappa shape index (κ1) is 13.5. The van der Waals surface area contributed by atoms with E-state index in [1.54, 1.807) is 11.3 Å². The average molecular weight is 282 g/mol. The van der Waals surface area contributed by atoms with Crippen LogP contribution in [0.5, 0.6) is 0 Å². The Morgan fingerprint density at radius 2 is 2.26 bits per heavy atom. The first-order valence-electron chi connectivity index (χ1n) is 7.21. The molecule has 5 heteroatoms. The number of hydrogen-bond acceptors (Lipinski definition) is 5. The van der Waals surface area contributed by atoms with Gasteiger partial charge in [0.1, 0.15) is 11.1 Å². The molecule has 0 unspecified atom stereocenters. The largest absolute Gasteiger partial charge is 0.389 e. The minimum absolute atomic E-state index is 0.0842. The fraction of sp³-hybridized carbons (Fsp3) is 0.786. The maximum absolute atomic E-state index is 10.6. The summed E-state index contributed by atoms with van der Waals surface area (Å²) in [7, 11) is 0. The molecule has 1 atom stereocenters. The quantitative estimate of drug-likeness (QED) is 0.923. The van der Waals surface area contributed by atoms with E-state index in [0.29, 0.717) is 0 Å². The van der Waals surface area contributed by atoms with Crippen molar-refractivity contribution in [2.75, 3.05) is 26.2 Å². The van der Waals surface area contributed by atoms with Crippen molar-refractivity contribution >= 4 is 11.3 Å². The van der Waals surface area contributed by atoms with Crippen molar-refractivity contribution in [2.45, 2.75) is 43.8 Å². The van der Waals surface area contributed by atoms with E-state index in [-0.39, 0.29) is 6.10 Å². The van der Waals surface area contributed by atoms with E-state index in [2.05, 4.69) is 9.88 Å². The summed E-state index contributed by atoms with van der Waals surface area (Å²) in [5, 5.41) is 13.7. The summed E-state index contributed by atoms with van der Waals surface area (Å²) in [6.07, 6.45) is 7.41. The second-order valence-corrected chi connectivity index (χ2v) is 6.68. The SMILES string of the molecule is OC1(CN2CCO[C@H](c3nccs3)C2)CCCCC1. The van der Waals surface area contributed by atoms with E-state index < -0.39 is 5.60 Å². The van der Waals surface area contributed by atoms with Gasteiger partial charge in [-0.15, -0.1) is 11.3 Å². The lowest BCUT2D eigenvalue weighted by Crippen LogP contribution is -2.49. The van der Waals surface area contributed by atoms with Gasteiger partial charge in [-0.1, -0.05) is 19.3 Å². The predicted octanol–water partition coefficient (Wildman–Crippen LogP) is 2.21. The third-order valence-corrected chi connectivity index (χ3v) is 5.05. The van der Waals surface area contributed by atoms with Crippen LogP contribution in [0.4, 0.5) is 0 Å². The normalized spacial score (nSPS) is 28.4. The second kappa shape index (κ2) is 5.87. The molecule has 2 aliphatic rings. The highest BCUT2D eigenvalue weighted by molar-refractivity contribution is 7.09. The van der Waals surface area contributed by atoms with E-state index in [4.69, 9.17) is 4.74 Å². The molecule has 1 aromatic heterocycles. The van der Waals surface area contributed by atoms with E-state index in [0.717, 1.165) is 56.9 Å². The Bertz CT molecular complexity index is 390. The Kier molecular flexibility index (Phi) is 4.17. The molecule has 4 nitrogen and oxygen atoms in total. The van der Waals surface area contributed by atoms with Gasteiger partial charge in [0.05, 0.1) is 12.2 Å². The Balaban J connectivity index is 1.59. The van der Waals surface area contributed by atoms with Crippen LogP contribution in [0, 0.1) is 0 Å². The number of aromatic nitrogens is 1. The van der Waals surface area contributed by atoms with Gasteiger partial charge in [-0.05, 0) is 12.8 Å². The number of β-amino-alcohol motifs (C(OH)–C–C–N with tert-alkyl or cyclic N) is 1. The minimum atomic E-state index is -0.469. The van der Waals surface area contributed by atoms with Crippen LogP contribution < -0.4 is 0 Å². The summed E-state index contributed by atoms with van der Waals surface area (Å²) in [6, 6.07) is 0. The van der Waals surface area contributed by atoms with Crippen LogP contribution >= 0.6 is 11.3 Å². The Labute approximate surface area is 118 Å². The molecule has 1 aliphatic heterocycles. The standard InChI is InChI=1S/C14H22N2O2S/c17-14(4-2-1-3-5-14)11-16-7-8-18-12(10-16)13-15-6-9-19-13/h6,9,12,17H,1-5,7-8,10-11H2/t12-/m0/s1.